The van der Waals surface area contributed by atoms with Gasteiger partial charge in [-0.25, -0.2) is 9.78 Å². The molecule has 1 saturated carbocycles. The summed E-state index contributed by atoms with van der Waals surface area (Å²) in [5.74, 6) is 1.60. The Balaban J connectivity index is 1.11. The van der Waals surface area contributed by atoms with Crippen LogP contribution in [0.1, 0.15) is 31.2 Å². The van der Waals surface area contributed by atoms with E-state index in [1.807, 2.05) is 30.3 Å². The SMILES string of the molecule is O=C(NCc1ccc(OC2CCN(CC3CC3)CC2)nc1)n1ccc2cc(Cl)ccc21. The Morgan fingerprint density at radius 2 is 1.97 bits per heavy atom. The number of piperidine rings is 1. The lowest BCUT2D eigenvalue weighted by atomic mass is 10.1. The van der Waals surface area contributed by atoms with E-state index in [0.717, 1.165) is 48.3 Å². The molecular weight excluding hydrogens is 412 g/mol. The summed E-state index contributed by atoms with van der Waals surface area (Å²) in [6.07, 6.45) is 8.69. The molecule has 2 aliphatic rings. The predicted octanol–water partition coefficient (Wildman–Crippen LogP) is 4.70. The molecule has 0 bridgehead atoms. The summed E-state index contributed by atoms with van der Waals surface area (Å²) < 4.78 is 7.67. The van der Waals surface area contributed by atoms with E-state index in [-0.39, 0.29) is 12.1 Å². The zero-order chi connectivity index (χ0) is 21.2. The highest BCUT2D eigenvalue weighted by Gasteiger charge is 2.27. The first-order chi connectivity index (χ1) is 15.1. The number of pyridine rings is 1. The van der Waals surface area contributed by atoms with E-state index in [2.05, 4.69) is 15.2 Å². The lowest BCUT2D eigenvalue weighted by Gasteiger charge is -2.31. The first-order valence-corrected chi connectivity index (χ1v) is 11.4. The third-order valence-electron chi connectivity index (χ3n) is 6.15. The molecule has 162 valence electrons. The molecule has 1 saturated heterocycles. The van der Waals surface area contributed by atoms with Gasteiger partial charge in [0.15, 0.2) is 0 Å². The maximum atomic E-state index is 12.6. The normalized spacial score (nSPS) is 17.7. The summed E-state index contributed by atoms with van der Waals surface area (Å²) in [5, 5.41) is 4.53. The van der Waals surface area contributed by atoms with Crippen molar-refractivity contribution in [3.63, 3.8) is 0 Å². The first kappa shape index (κ1) is 20.3. The van der Waals surface area contributed by atoms with Crippen molar-refractivity contribution in [2.75, 3.05) is 19.6 Å². The summed E-state index contributed by atoms with van der Waals surface area (Å²) >= 11 is 6.02. The highest BCUT2D eigenvalue weighted by Crippen LogP contribution is 2.31. The Labute approximate surface area is 187 Å². The fraction of sp³-hybridized carbons (Fsp3) is 0.417. The molecule has 2 aromatic heterocycles. The molecule has 1 aromatic carbocycles. The number of ether oxygens (including phenoxy) is 1. The van der Waals surface area contributed by atoms with E-state index in [9.17, 15) is 4.79 Å². The van der Waals surface area contributed by atoms with Crippen LogP contribution in [0.2, 0.25) is 5.02 Å². The summed E-state index contributed by atoms with van der Waals surface area (Å²) in [7, 11) is 0. The Kier molecular flexibility index (Phi) is 5.83. The highest BCUT2D eigenvalue weighted by atomic mass is 35.5. The van der Waals surface area contributed by atoms with Crippen LogP contribution in [0.3, 0.4) is 0 Å². The van der Waals surface area contributed by atoms with Crippen LogP contribution in [-0.4, -0.2) is 46.2 Å². The van der Waals surface area contributed by atoms with Crippen LogP contribution < -0.4 is 10.1 Å². The molecule has 1 N–H and O–H groups in total. The average Bonchev–Trinajstić information content (AvgIpc) is 3.50. The van der Waals surface area contributed by atoms with Gasteiger partial charge in [-0.05, 0) is 61.4 Å². The Morgan fingerprint density at radius 3 is 2.71 bits per heavy atom. The van der Waals surface area contributed by atoms with Gasteiger partial charge in [0.05, 0.1) is 5.52 Å². The minimum atomic E-state index is -0.185. The van der Waals surface area contributed by atoms with Crippen molar-refractivity contribution < 1.29 is 9.53 Å². The van der Waals surface area contributed by atoms with Crippen LogP contribution >= 0.6 is 11.6 Å². The first-order valence-electron chi connectivity index (χ1n) is 11.0. The Bertz CT molecular complexity index is 1050. The molecule has 0 spiro atoms. The molecule has 3 heterocycles. The molecule has 7 heteroatoms. The summed E-state index contributed by atoms with van der Waals surface area (Å²) in [5.41, 5.74) is 1.76. The number of hydrogen-bond acceptors (Lipinski definition) is 4. The summed E-state index contributed by atoms with van der Waals surface area (Å²) in [6, 6.07) is 11.0. The molecule has 5 rings (SSSR count). The molecule has 1 amide bonds. The second-order valence-corrected chi connectivity index (χ2v) is 9.05. The monoisotopic (exact) mass is 438 g/mol. The van der Waals surface area contributed by atoms with Crippen molar-refractivity contribution in [3.05, 3.63) is 59.4 Å². The third-order valence-corrected chi connectivity index (χ3v) is 6.38. The van der Waals surface area contributed by atoms with Gasteiger partial charge in [-0.1, -0.05) is 17.7 Å². The molecule has 31 heavy (non-hydrogen) atoms. The molecule has 0 radical (unpaired) electrons. The van der Waals surface area contributed by atoms with Crippen molar-refractivity contribution in [1.82, 2.24) is 19.8 Å². The van der Waals surface area contributed by atoms with Gasteiger partial charge in [0.1, 0.15) is 6.10 Å². The smallest absolute Gasteiger partial charge is 0.326 e. The molecule has 3 aromatic rings. The number of nitrogens with zero attached hydrogens (tertiary/aromatic N) is 3. The number of benzene rings is 1. The highest BCUT2D eigenvalue weighted by molar-refractivity contribution is 6.31. The van der Waals surface area contributed by atoms with E-state index in [0.29, 0.717) is 17.4 Å². The number of carbonyl (C=O) groups is 1. The summed E-state index contributed by atoms with van der Waals surface area (Å²) in [4.78, 5) is 19.6. The molecule has 0 atom stereocenters. The van der Waals surface area contributed by atoms with Gasteiger partial charge in [0.25, 0.3) is 0 Å². The van der Waals surface area contributed by atoms with Crippen LogP contribution in [-0.2, 0) is 6.54 Å². The number of likely N-dealkylation sites (tertiary alicyclic amines) is 1. The molecule has 0 unspecified atom stereocenters. The number of hydrogen-bond donors (Lipinski definition) is 1. The summed E-state index contributed by atoms with van der Waals surface area (Å²) in [6.45, 7) is 3.90. The van der Waals surface area contributed by atoms with Crippen molar-refractivity contribution >= 4 is 28.5 Å². The quantitative estimate of drug-likeness (QED) is 0.606. The number of halogens is 1. The molecule has 2 fully saturated rings. The number of fused-ring (bicyclic) bond motifs is 1. The van der Waals surface area contributed by atoms with Gasteiger partial charge < -0.3 is 15.0 Å². The van der Waals surface area contributed by atoms with Crippen molar-refractivity contribution in [1.29, 1.82) is 0 Å². The second-order valence-electron chi connectivity index (χ2n) is 8.61. The third kappa shape index (κ3) is 5.02. The van der Waals surface area contributed by atoms with Gasteiger partial charge in [-0.3, -0.25) is 4.57 Å². The lowest BCUT2D eigenvalue weighted by Crippen LogP contribution is -2.39. The fourth-order valence-electron chi connectivity index (χ4n) is 4.18. The molecule has 6 nitrogen and oxygen atoms in total. The number of aromatic nitrogens is 2. The minimum absolute atomic E-state index is 0.185. The number of amides is 1. The van der Waals surface area contributed by atoms with Crippen LogP contribution in [0.25, 0.3) is 10.9 Å². The van der Waals surface area contributed by atoms with Crippen LogP contribution in [0.15, 0.2) is 48.8 Å². The topological polar surface area (TPSA) is 59.4 Å². The van der Waals surface area contributed by atoms with Crippen LogP contribution in [0.4, 0.5) is 4.79 Å². The van der Waals surface area contributed by atoms with Gasteiger partial charge in [0.2, 0.25) is 5.88 Å². The van der Waals surface area contributed by atoms with Gasteiger partial charge >= 0.3 is 6.03 Å². The lowest BCUT2D eigenvalue weighted by molar-refractivity contribution is 0.0944. The largest absolute Gasteiger partial charge is 0.474 e. The fourth-order valence-corrected chi connectivity index (χ4v) is 4.37. The van der Waals surface area contributed by atoms with Crippen LogP contribution in [0.5, 0.6) is 5.88 Å². The number of nitrogens with one attached hydrogen (secondary N) is 1. The van der Waals surface area contributed by atoms with Crippen molar-refractivity contribution in [2.24, 2.45) is 5.92 Å². The average molecular weight is 439 g/mol. The van der Waals surface area contributed by atoms with E-state index in [4.69, 9.17) is 16.3 Å². The van der Waals surface area contributed by atoms with E-state index in [1.54, 1.807) is 23.0 Å². The maximum absolute atomic E-state index is 12.6. The van der Waals surface area contributed by atoms with Gasteiger partial charge in [-0.2, -0.15) is 0 Å². The molecule has 1 aliphatic carbocycles. The zero-order valence-electron chi connectivity index (χ0n) is 17.5. The maximum Gasteiger partial charge on any atom is 0.326 e. The zero-order valence-corrected chi connectivity index (χ0v) is 18.2. The minimum Gasteiger partial charge on any atom is -0.474 e. The van der Waals surface area contributed by atoms with E-state index in [1.165, 1.54) is 19.4 Å². The van der Waals surface area contributed by atoms with Crippen molar-refractivity contribution in [2.45, 2.75) is 38.3 Å². The number of rotatable bonds is 6. The van der Waals surface area contributed by atoms with E-state index < -0.39 is 0 Å². The van der Waals surface area contributed by atoms with Crippen LogP contribution in [0, 0.1) is 5.92 Å². The standard InChI is InChI=1S/C24H27ClN4O2/c25-20-4-5-22-19(13-20)7-12-29(22)24(30)27-15-18-3-6-23(26-14-18)31-21-8-10-28(11-9-21)16-17-1-2-17/h3-7,12-14,17,21H,1-2,8-11,15-16H2,(H,27,30). The Hall–Kier alpha value is -2.57. The second kappa shape index (κ2) is 8.89. The molecular formula is C24H27ClN4O2. The van der Waals surface area contributed by atoms with Gasteiger partial charge in [0, 0.05) is 55.0 Å². The number of carbonyl (C=O) groups excluding carboxylic acids is 1. The molecule has 1 aliphatic heterocycles. The van der Waals surface area contributed by atoms with E-state index >= 15 is 0 Å². The predicted molar refractivity (Wildman–Crippen MR) is 122 cm³/mol. The van der Waals surface area contributed by atoms with Gasteiger partial charge in [-0.15, -0.1) is 0 Å². The Morgan fingerprint density at radius 1 is 1.13 bits per heavy atom. The van der Waals surface area contributed by atoms with Crippen molar-refractivity contribution in [3.8, 4) is 5.88 Å².